The van der Waals surface area contributed by atoms with Gasteiger partial charge in [-0.1, -0.05) is 11.6 Å². The zero-order chi connectivity index (χ0) is 14.7. The normalized spacial score (nSPS) is 10.2. The molecule has 1 heterocycles. The third-order valence-corrected chi connectivity index (χ3v) is 2.97. The van der Waals surface area contributed by atoms with Crippen LogP contribution in [0.4, 0.5) is 10.1 Å². The lowest BCUT2D eigenvalue weighted by atomic mass is 10.2. The topological polar surface area (TPSA) is 42.4 Å². The number of hydrogen-bond acceptors (Lipinski definition) is 3. The van der Waals surface area contributed by atoms with Gasteiger partial charge in [-0.25, -0.2) is 9.37 Å². The molecule has 0 bridgehead atoms. The van der Waals surface area contributed by atoms with Gasteiger partial charge in [0.2, 0.25) is 5.88 Å². The van der Waals surface area contributed by atoms with Crippen molar-refractivity contribution in [1.82, 2.24) is 4.98 Å². The van der Waals surface area contributed by atoms with Crippen molar-refractivity contribution in [3.05, 3.63) is 52.9 Å². The van der Waals surface area contributed by atoms with E-state index in [-0.39, 0.29) is 23.2 Å². The van der Waals surface area contributed by atoms with Crippen LogP contribution in [-0.4, -0.2) is 25.0 Å². The summed E-state index contributed by atoms with van der Waals surface area (Å²) in [6.07, 6.45) is 1.40. The van der Waals surface area contributed by atoms with Crippen LogP contribution in [0.3, 0.4) is 0 Å². The highest BCUT2D eigenvalue weighted by Crippen LogP contribution is 2.23. The third-order valence-electron chi connectivity index (χ3n) is 2.76. The molecule has 1 amide bonds. The largest absolute Gasteiger partial charge is 0.480 e. The van der Waals surface area contributed by atoms with Crippen LogP contribution in [0, 0.1) is 5.82 Å². The molecule has 0 fully saturated rings. The molecule has 0 unspecified atom stereocenters. The van der Waals surface area contributed by atoms with Crippen LogP contribution in [0.25, 0.3) is 0 Å². The number of methoxy groups -OCH3 is 1. The van der Waals surface area contributed by atoms with Gasteiger partial charge in [0.1, 0.15) is 11.4 Å². The lowest BCUT2D eigenvalue weighted by Crippen LogP contribution is -2.26. The molecule has 2 aromatic rings. The fourth-order valence-electron chi connectivity index (χ4n) is 1.71. The first-order valence-corrected chi connectivity index (χ1v) is 6.14. The van der Waals surface area contributed by atoms with Crippen molar-refractivity contribution in [2.24, 2.45) is 0 Å². The predicted molar refractivity (Wildman–Crippen MR) is 74.9 cm³/mol. The van der Waals surface area contributed by atoms with Gasteiger partial charge >= 0.3 is 0 Å². The molecule has 4 nitrogen and oxygen atoms in total. The zero-order valence-corrected chi connectivity index (χ0v) is 11.7. The number of carbonyl (C=O) groups excluding carboxylic acids is 1. The van der Waals surface area contributed by atoms with Crippen LogP contribution >= 0.6 is 11.6 Å². The highest BCUT2D eigenvalue weighted by molar-refractivity contribution is 6.31. The Bertz CT molecular complexity index is 632. The minimum atomic E-state index is -0.364. The Kier molecular flexibility index (Phi) is 4.20. The van der Waals surface area contributed by atoms with Crippen LogP contribution < -0.4 is 9.64 Å². The summed E-state index contributed by atoms with van der Waals surface area (Å²) in [5.74, 6) is -0.520. The zero-order valence-electron chi connectivity index (χ0n) is 10.9. The second-order valence-electron chi connectivity index (χ2n) is 4.05. The molecule has 2 rings (SSSR count). The molecule has 104 valence electrons. The van der Waals surface area contributed by atoms with Gasteiger partial charge in [-0.3, -0.25) is 4.79 Å². The smallest absolute Gasteiger partial charge is 0.263 e. The van der Waals surface area contributed by atoms with Crippen molar-refractivity contribution in [2.45, 2.75) is 0 Å². The molecule has 0 atom stereocenters. The van der Waals surface area contributed by atoms with Crippen LogP contribution in [-0.2, 0) is 0 Å². The lowest BCUT2D eigenvalue weighted by Gasteiger charge is -2.18. The summed E-state index contributed by atoms with van der Waals surface area (Å²) in [7, 11) is 3.00. The Hall–Kier alpha value is -2.14. The second kappa shape index (κ2) is 5.88. The Morgan fingerprint density at radius 2 is 2.00 bits per heavy atom. The Morgan fingerprint density at radius 3 is 2.60 bits per heavy atom. The average molecular weight is 295 g/mol. The first-order chi connectivity index (χ1) is 9.52. The molecule has 1 aromatic carbocycles. The number of anilines is 1. The number of rotatable bonds is 3. The number of ether oxygens (including phenoxy) is 1. The Morgan fingerprint density at radius 1 is 1.35 bits per heavy atom. The van der Waals surface area contributed by atoms with Crippen molar-refractivity contribution in [3.63, 3.8) is 0 Å². The van der Waals surface area contributed by atoms with Gasteiger partial charge in [0.05, 0.1) is 12.1 Å². The van der Waals surface area contributed by atoms with E-state index in [1.54, 1.807) is 7.05 Å². The van der Waals surface area contributed by atoms with E-state index in [0.717, 1.165) is 0 Å². The molecule has 0 spiro atoms. The Balaban J connectivity index is 2.35. The summed E-state index contributed by atoms with van der Waals surface area (Å²) in [4.78, 5) is 17.7. The fraction of sp³-hybridized carbons (Fsp3) is 0.143. The fourth-order valence-corrected chi connectivity index (χ4v) is 1.86. The number of nitrogens with zero attached hydrogens (tertiary/aromatic N) is 2. The standard InChI is InChI=1S/C14H12ClFN2O2/c1-18(11-5-3-10(16)4-6-11)14(19)12-7-9(15)8-17-13(12)20-2/h3-8H,1-2H3. The van der Waals surface area contributed by atoms with E-state index in [0.29, 0.717) is 10.7 Å². The van der Waals surface area contributed by atoms with Gasteiger partial charge in [-0.15, -0.1) is 0 Å². The molecule has 0 aliphatic carbocycles. The first-order valence-electron chi connectivity index (χ1n) is 5.76. The quantitative estimate of drug-likeness (QED) is 0.873. The molecule has 0 aliphatic rings. The van der Waals surface area contributed by atoms with Crippen LogP contribution in [0.1, 0.15) is 10.4 Å². The maximum absolute atomic E-state index is 12.9. The second-order valence-corrected chi connectivity index (χ2v) is 4.49. The van der Waals surface area contributed by atoms with Crippen LogP contribution in [0.5, 0.6) is 5.88 Å². The predicted octanol–water partition coefficient (Wildman–Crippen LogP) is 3.16. The molecule has 0 radical (unpaired) electrons. The van der Waals surface area contributed by atoms with Crippen molar-refractivity contribution in [2.75, 3.05) is 19.1 Å². The van der Waals surface area contributed by atoms with Gasteiger partial charge < -0.3 is 9.64 Å². The summed E-state index contributed by atoms with van der Waals surface area (Å²) < 4.78 is 17.9. The number of amides is 1. The Labute approximate surface area is 120 Å². The van der Waals surface area contributed by atoms with Crippen molar-refractivity contribution in [1.29, 1.82) is 0 Å². The summed E-state index contributed by atoms with van der Waals surface area (Å²) in [6, 6.07) is 7.07. The SMILES string of the molecule is COc1ncc(Cl)cc1C(=O)N(C)c1ccc(F)cc1. The van der Waals surface area contributed by atoms with Gasteiger partial charge in [0.25, 0.3) is 5.91 Å². The molecule has 1 aromatic heterocycles. The molecular weight excluding hydrogens is 283 g/mol. The summed E-state index contributed by atoms with van der Waals surface area (Å²) >= 11 is 5.85. The number of benzene rings is 1. The van der Waals surface area contributed by atoms with E-state index in [9.17, 15) is 9.18 Å². The van der Waals surface area contributed by atoms with E-state index in [1.807, 2.05) is 0 Å². The van der Waals surface area contributed by atoms with E-state index in [1.165, 1.54) is 48.5 Å². The van der Waals surface area contributed by atoms with Crippen LogP contribution in [0.15, 0.2) is 36.5 Å². The van der Waals surface area contributed by atoms with Gasteiger partial charge in [-0.2, -0.15) is 0 Å². The maximum atomic E-state index is 12.9. The van der Waals surface area contributed by atoms with Crippen molar-refractivity contribution >= 4 is 23.2 Å². The minimum absolute atomic E-state index is 0.188. The third kappa shape index (κ3) is 2.88. The van der Waals surface area contributed by atoms with Crippen molar-refractivity contribution < 1.29 is 13.9 Å². The van der Waals surface area contributed by atoms with E-state index >= 15 is 0 Å². The monoisotopic (exact) mass is 294 g/mol. The minimum Gasteiger partial charge on any atom is -0.480 e. The molecule has 0 N–H and O–H groups in total. The molecule has 0 saturated carbocycles. The lowest BCUT2D eigenvalue weighted by molar-refractivity contribution is 0.0989. The number of hydrogen-bond donors (Lipinski definition) is 0. The van der Waals surface area contributed by atoms with E-state index in [4.69, 9.17) is 16.3 Å². The highest BCUT2D eigenvalue weighted by atomic mass is 35.5. The molecular formula is C14H12ClFN2O2. The highest BCUT2D eigenvalue weighted by Gasteiger charge is 2.19. The molecule has 20 heavy (non-hydrogen) atoms. The molecule has 0 saturated heterocycles. The average Bonchev–Trinajstić information content (AvgIpc) is 2.46. The maximum Gasteiger partial charge on any atom is 0.263 e. The summed E-state index contributed by atoms with van der Waals surface area (Å²) in [5, 5.41) is 0.335. The molecule has 6 heteroatoms. The van der Waals surface area contributed by atoms with Crippen LogP contribution in [0.2, 0.25) is 5.02 Å². The van der Waals surface area contributed by atoms with Gasteiger partial charge in [0, 0.05) is 18.9 Å². The number of carbonyl (C=O) groups is 1. The van der Waals surface area contributed by atoms with Gasteiger partial charge in [0.15, 0.2) is 0 Å². The summed E-state index contributed by atoms with van der Waals surface area (Å²) in [6.45, 7) is 0. The van der Waals surface area contributed by atoms with Gasteiger partial charge in [-0.05, 0) is 30.3 Å². The number of pyridine rings is 1. The van der Waals surface area contributed by atoms with E-state index in [2.05, 4.69) is 4.98 Å². The molecule has 0 aliphatic heterocycles. The van der Waals surface area contributed by atoms with E-state index < -0.39 is 0 Å². The van der Waals surface area contributed by atoms with Crippen molar-refractivity contribution in [3.8, 4) is 5.88 Å². The summed E-state index contributed by atoms with van der Waals surface area (Å²) in [5.41, 5.74) is 0.797. The number of aromatic nitrogens is 1. The first kappa shape index (κ1) is 14.3. The number of halogens is 2.